The Morgan fingerprint density at radius 3 is 2.69 bits per heavy atom. The molecule has 0 radical (unpaired) electrons. The molecule has 36 heavy (non-hydrogen) atoms. The van der Waals surface area contributed by atoms with E-state index in [1.54, 1.807) is 20.8 Å². The molecule has 2 saturated heterocycles. The van der Waals surface area contributed by atoms with E-state index < -0.39 is 46.4 Å². The second kappa shape index (κ2) is 10.8. The number of hydrogen-bond acceptors (Lipinski definition) is 12. The molecule has 3 unspecified atom stereocenters. The van der Waals surface area contributed by atoms with Crippen LogP contribution in [0, 0.1) is 5.41 Å². The van der Waals surface area contributed by atoms with Crippen molar-refractivity contribution in [1.29, 1.82) is 0 Å². The minimum absolute atomic E-state index is 0.0755. The summed E-state index contributed by atoms with van der Waals surface area (Å²) < 4.78 is 5.25. The number of aromatic nitrogens is 1. The van der Waals surface area contributed by atoms with E-state index in [9.17, 15) is 24.3 Å². The number of thioether (sulfide) groups is 2. The number of carboxylic acids is 1. The summed E-state index contributed by atoms with van der Waals surface area (Å²) in [5, 5.41) is 17.5. The van der Waals surface area contributed by atoms with Gasteiger partial charge < -0.3 is 30.6 Å². The summed E-state index contributed by atoms with van der Waals surface area (Å²) in [6.45, 7) is 6.63. The molecule has 0 saturated carbocycles. The predicted molar refractivity (Wildman–Crippen MR) is 138 cm³/mol. The number of ether oxygens (including phenoxy) is 1. The number of nitrogens with two attached hydrogens (primary N) is 1. The van der Waals surface area contributed by atoms with Gasteiger partial charge in [0.15, 0.2) is 10.8 Å². The van der Waals surface area contributed by atoms with Gasteiger partial charge in [0.1, 0.15) is 28.1 Å². The number of nitrogens with zero attached hydrogens (tertiary/aromatic N) is 3. The van der Waals surface area contributed by atoms with Crippen molar-refractivity contribution in [3.63, 3.8) is 0 Å². The quantitative estimate of drug-likeness (QED) is 0.170. The molecule has 0 aromatic carbocycles. The van der Waals surface area contributed by atoms with Crippen molar-refractivity contribution in [3.8, 4) is 0 Å². The number of nitrogens with one attached hydrogen (secondary N) is 1. The number of thiazole rings is 1. The number of rotatable bonds is 9. The summed E-state index contributed by atoms with van der Waals surface area (Å²) in [5.74, 6) is -2.06. The number of oxime groups is 1. The van der Waals surface area contributed by atoms with Gasteiger partial charge in [-0.15, -0.1) is 23.1 Å². The Morgan fingerprint density at radius 1 is 1.44 bits per heavy atom. The molecule has 3 rings (SSSR count). The molecule has 4 N–H and O–H groups in total. The van der Waals surface area contributed by atoms with Gasteiger partial charge in [0.05, 0.1) is 0 Å². The first-order valence-corrected chi connectivity index (χ1v) is 14.2. The van der Waals surface area contributed by atoms with Crippen LogP contribution in [0.3, 0.4) is 0 Å². The second-order valence-electron chi connectivity index (χ2n) is 9.43. The van der Waals surface area contributed by atoms with Gasteiger partial charge in [0.25, 0.3) is 5.91 Å². The molecule has 15 heteroatoms. The zero-order valence-electron chi connectivity index (χ0n) is 20.5. The summed E-state index contributed by atoms with van der Waals surface area (Å²) in [6.07, 6.45) is 0.707. The lowest BCUT2D eigenvalue weighted by atomic mass is 9.89. The summed E-state index contributed by atoms with van der Waals surface area (Å²) in [6, 6.07) is -0.868. The number of aliphatic carboxylic acids is 1. The average molecular weight is 560 g/mol. The third kappa shape index (κ3) is 6.06. The first-order valence-electron chi connectivity index (χ1n) is 10.9. The first-order chi connectivity index (χ1) is 16.8. The molecule has 0 spiro atoms. The highest BCUT2D eigenvalue weighted by Gasteiger charge is 2.57. The van der Waals surface area contributed by atoms with Gasteiger partial charge in [-0.25, -0.2) is 9.78 Å². The topological polar surface area (TPSA) is 174 Å². The van der Waals surface area contributed by atoms with Gasteiger partial charge in [-0.1, -0.05) is 5.16 Å². The lowest BCUT2D eigenvalue weighted by Gasteiger charge is -2.53. The number of amides is 2. The number of esters is 1. The number of carbonyl (C=O) groups is 4. The van der Waals surface area contributed by atoms with Crippen molar-refractivity contribution in [2.75, 3.05) is 30.0 Å². The Morgan fingerprint density at radius 2 is 2.14 bits per heavy atom. The number of hydrogen-bond donors (Lipinski definition) is 3. The maximum atomic E-state index is 13.1. The number of fused-ring (bicyclic) bond motifs is 1. The van der Waals surface area contributed by atoms with Crippen LogP contribution in [0.15, 0.2) is 10.5 Å². The summed E-state index contributed by atoms with van der Waals surface area (Å²) >= 11 is 3.81. The van der Waals surface area contributed by atoms with E-state index in [1.165, 1.54) is 40.7 Å². The summed E-state index contributed by atoms with van der Waals surface area (Å²) in [5.41, 5.74) is 3.80. The van der Waals surface area contributed by atoms with Crippen LogP contribution in [0.2, 0.25) is 0 Å². The van der Waals surface area contributed by atoms with E-state index in [1.807, 2.05) is 6.26 Å². The van der Waals surface area contributed by atoms with Crippen molar-refractivity contribution in [1.82, 2.24) is 15.2 Å². The largest absolute Gasteiger partial charge is 0.481 e. The summed E-state index contributed by atoms with van der Waals surface area (Å²) in [7, 11) is 0. The molecule has 2 fully saturated rings. The minimum atomic E-state index is -1.11. The molecule has 2 aliphatic heterocycles. The number of carbonyl (C=O) groups excluding carboxylic acids is 3. The number of carboxylic acid groups (broad SMARTS) is 1. The zero-order valence-corrected chi connectivity index (χ0v) is 22.9. The molecule has 0 aliphatic carbocycles. The average Bonchev–Trinajstić information content (AvgIpc) is 3.22. The van der Waals surface area contributed by atoms with E-state index in [2.05, 4.69) is 15.5 Å². The van der Waals surface area contributed by atoms with Crippen LogP contribution in [-0.4, -0.2) is 91.9 Å². The molecule has 1 aromatic rings. The van der Waals surface area contributed by atoms with Crippen molar-refractivity contribution in [3.05, 3.63) is 11.1 Å². The maximum absolute atomic E-state index is 13.1. The highest BCUT2D eigenvalue weighted by Crippen LogP contribution is 2.43. The molecule has 198 valence electrons. The van der Waals surface area contributed by atoms with Crippen molar-refractivity contribution in [2.45, 2.75) is 50.8 Å². The third-order valence-electron chi connectivity index (χ3n) is 5.33. The van der Waals surface area contributed by atoms with E-state index in [4.69, 9.17) is 15.3 Å². The molecule has 1 aromatic heterocycles. The standard InChI is InChI=1S/C21H29N5O7S3/c1-10(17(29)32-20(2,3)4)33-25-12(11-6-35-19(22)23-11)14(27)24-13-15(28)26-7-21(8-34-5,18(30)31)9-36-16(13)26/h6,10,13,16H,7-9H2,1-5H3,(H2,22,23)(H,24,27)(H,30,31)/t10?,13?,16-,21?/m1/s1. The SMILES string of the molecule is CSCC1(C(=O)O)CS[C@@H]2C(NC(=O)C(=NOC(C)C(=O)OC(C)(C)C)c3csc(N)n3)C(=O)N2C1. The number of β-lactam (4-membered cyclic amide) rings is 1. The van der Waals surface area contributed by atoms with Crippen LogP contribution < -0.4 is 11.1 Å². The van der Waals surface area contributed by atoms with Gasteiger partial charge >= 0.3 is 11.9 Å². The minimum Gasteiger partial charge on any atom is -0.481 e. The monoisotopic (exact) mass is 559 g/mol. The number of nitrogen functional groups attached to an aromatic ring is 1. The Labute approximate surface area is 220 Å². The fourth-order valence-corrected chi connectivity index (χ4v) is 6.64. The Hall–Kier alpha value is -2.52. The predicted octanol–water partition coefficient (Wildman–Crippen LogP) is 1.01. The molecule has 2 amide bonds. The highest BCUT2D eigenvalue weighted by atomic mass is 32.2. The molecule has 0 bridgehead atoms. The highest BCUT2D eigenvalue weighted by molar-refractivity contribution is 8.00. The molecule has 2 aliphatic rings. The molecular formula is C21H29N5O7S3. The third-order valence-corrected chi connectivity index (χ3v) is 8.43. The number of anilines is 1. The van der Waals surface area contributed by atoms with Crippen LogP contribution in [-0.2, 0) is 28.8 Å². The fraction of sp³-hybridized carbons (Fsp3) is 0.619. The summed E-state index contributed by atoms with van der Waals surface area (Å²) in [4.78, 5) is 60.9. The van der Waals surface area contributed by atoms with Gasteiger partial charge in [-0.05, 0) is 34.0 Å². The van der Waals surface area contributed by atoms with Crippen LogP contribution in [0.25, 0.3) is 0 Å². The Balaban J connectivity index is 1.73. The van der Waals surface area contributed by atoms with Crippen molar-refractivity contribution >= 4 is 69.5 Å². The smallest absolute Gasteiger partial charge is 0.350 e. The van der Waals surface area contributed by atoms with Crippen LogP contribution in [0.5, 0.6) is 0 Å². The van der Waals surface area contributed by atoms with E-state index >= 15 is 0 Å². The van der Waals surface area contributed by atoms with Crippen LogP contribution in [0.1, 0.15) is 33.4 Å². The van der Waals surface area contributed by atoms with Crippen molar-refractivity contribution < 1.29 is 33.9 Å². The van der Waals surface area contributed by atoms with Crippen LogP contribution in [0.4, 0.5) is 5.13 Å². The van der Waals surface area contributed by atoms with Gasteiger partial charge in [-0.2, -0.15) is 11.8 Å². The Bertz CT molecular complexity index is 1070. The fourth-order valence-electron chi connectivity index (χ4n) is 3.55. The zero-order chi connectivity index (χ0) is 26.8. The van der Waals surface area contributed by atoms with Crippen molar-refractivity contribution in [2.24, 2.45) is 10.6 Å². The van der Waals surface area contributed by atoms with Gasteiger partial charge in [0.2, 0.25) is 12.0 Å². The second-order valence-corrected chi connectivity index (χ2v) is 12.3. The molecule has 12 nitrogen and oxygen atoms in total. The first kappa shape index (κ1) is 28.1. The molecule has 4 atom stereocenters. The Kier molecular flexibility index (Phi) is 8.45. The molecular weight excluding hydrogens is 530 g/mol. The van der Waals surface area contributed by atoms with Gasteiger partial charge in [0, 0.05) is 23.4 Å². The van der Waals surface area contributed by atoms with E-state index in [0.717, 1.165) is 11.3 Å². The van der Waals surface area contributed by atoms with Gasteiger partial charge in [-0.3, -0.25) is 14.4 Å². The lowest BCUT2D eigenvalue weighted by molar-refractivity contribution is -0.167. The van der Waals surface area contributed by atoms with Crippen LogP contribution >= 0.6 is 34.9 Å². The molecule has 3 heterocycles. The van der Waals surface area contributed by atoms with E-state index in [0.29, 0.717) is 11.5 Å². The van der Waals surface area contributed by atoms with E-state index in [-0.39, 0.29) is 29.0 Å². The lowest BCUT2D eigenvalue weighted by Crippen LogP contribution is -2.74. The maximum Gasteiger partial charge on any atom is 0.350 e. The normalized spacial score (nSPS) is 24.9.